The Morgan fingerprint density at radius 2 is 2.19 bits per heavy atom. The van der Waals surface area contributed by atoms with Crippen LogP contribution in [0, 0.1) is 12.3 Å². The number of terminal acetylenes is 1. The summed E-state index contributed by atoms with van der Waals surface area (Å²) < 4.78 is 5.53. The number of ether oxygens (including phenoxy) is 1. The molecule has 4 heteroatoms. The molecule has 0 spiro atoms. The SMILES string of the molecule is C#C[C@]1(COOC(C)(C)C)O[C@@H](C)C[C@@H]1O. The Bertz CT molecular complexity index is 276. The molecule has 1 rings (SSSR count). The predicted octanol–water partition coefficient (Wildman–Crippen LogP) is 1.27. The average molecular weight is 228 g/mol. The van der Waals surface area contributed by atoms with E-state index < -0.39 is 17.3 Å². The van der Waals surface area contributed by atoms with E-state index >= 15 is 0 Å². The molecule has 1 N–H and O–H groups in total. The highest BCUT2D eigenvalue weighted by molar-refractivity contribution is 5.16. The Balaban J connectivity index is 2.53. The summed E-state index contributed by atoms with van der Waals surface area (Å²) in [5.74, 6) is 2.47. The van der Waals surface area contributed by atoms with E-state index in [9.17, 15) is 5.11 Å². The van der Waals surface area contributed by atoms with Crippen molar-refractivity contribution in [3.05, 3.63) is 0 Å². The number of rotatable bonds is 3. The number of hydrogen-bond donors (Lipinski definition) is 1. The summed E-state index contributed by atoms with van der Waals surface area (Å²) in [6.07, 6.45) is 5.14. The fourth-order valence-electron chi connectivity index (χ4n) is 1.59. The van der Waals surface area contributed by atoms with Gasteiger partial charge in [-0.25, -0.2) is 9.78 Å². The highest BCUT2D eigenvalue weighted by Gasteiger charge is 2.46. The maximum absolute atomic E-state index is 9.84. The Morgan fingerprint density at radius 1 is 1.56 bits per heavy atom. The highest BCUT2D eigenvalue weighted by Crippen LogP contribution is 2.31. The third-order valence-corrected chi connectivity index (χ3v) is 2.33. The second-order valence-corrected chi connectivity index (χ2v) is 5.17. The van der Waals surface area contributed by atoms with Gasteiger partial charge in [-0.15, -0.1) is 6.42 Å². The van der Waals surface area contributed by atoms with Gasteiger partial charge in [0.1, 0.15) is 6.61 Å². The van der Waals surface area contributed by atoms with E-state index in [2.05, 4.69) is 5.92 Å². The molecule has 92 valence electrons. The van der Waals surface area contributed by atoms with Crippen molar-refractivity contribution < 1.29 is 19.6 Å². The molecule has 0 aromatic rings. The standard InChI is InChI=1S/C12H20O4/c1-6-12(8-14-16-11(3,4)5)10(13)7-9(2)15-12/h1,9-10,13H,7-8H2,2-5H3/t9-,10-,12+/m0/s1. The predicted molar refractivity (Wildman–Crippen MR) is 59.5 cm³/mol. The molecule has 16 heavy (non-hydrogen) atoms. The lowest BCUT2D eigenvalue weighted by molar-refractivity contribution is -0.363. The molecule has 0 unspecified atom stereocenters. The van der Waals surface area contributed by atoms with Gasteiger partial charge in [-0.3, -0.25) is 0 Å². The van der Waals surface area contributed by atoms with Gasteiger partial charge in [0.05, 0.1) is 17.8 Å². The van der Waals surface area contributed by atoms with Crippen LogP contribution in [0.1, 0.15) is 34.1 Å². The van der Waals surface area contributed by atoms with E-state index in [4.69, 9.17) is 20.9 Å². The van der Waals surface area contributed by atoms with Gasteiger partial charge in [0.2, 0.25) is 0 Å². The summed E-state index contributed by atoms with van der Waals surface area (Å²) in [7, 11) is 0. The van der Waals surface area contributed by atoms with Gasteiger partial charge in [-0.1, -0.05) is 5.92 Å². The van der Waals surface area contributed by atoms with Gasteiger partial charge in [-0.05, 0) is 27.7 Å². The van der Waals surface area contributed by atoms with E-state index in [0.29, 0.717) is 6.42 Å². The average Bonchev–Trinajstić information content (AvgIpc) is 2.40. The molecule has 0 aliphatic carbocycles. The number of aliphatic hydroxyl groups excluding tert-OH is 1. The second kappa shape index (κ2) is 4.72. The molecule has 4 nitrogen and oxygen atoms in total. The van der Waals surface area contributed by atoms with Gasteiger partial charge < -0.3 is 9.84 Å². The fourth-order valence-corrected chi connectivity index (χ4v) is 1.59. The minimum atomic E-state index is -1.08. The van der Waals surface area contributed by atoms with Crippen LogP contribution in [0.25, 0.3) is 0 Å². The summed E-state index contributed by atoms with van der Waals surface area (Å²) in [5, 5.41) is 9.84. The molecular formula is C12H20O4. The molecular weight excluding hydrogens is 208 g/mol. The minimum absolute atomic E-state index is 0.0340. The zero-order valence-corrected chi connectivity index (χ0v) is 10.3. The van der Waals surface area contributed by atoms with Gasteiger partial charge in [0, 0.05) is 6.42 Å². The van der Waals surface area contributed by atoms with Crippen LogP contribution in [0.2, 0.25) is 0 Å². The molecule has 0 aromatic heterocycles. The van der Waals surface area contributed by atoms with Crippen molar-refractivity contribution in [3.8, 4) is 12.3 Å². The van der Waals surface area contributed by atoms with Crippen LogP contribution in [0.3, 0.4) is 0 Å². The lowest BCUT2D eigenvalue weighted by Crippen LogP contribution is -2.43. The van der Waals surface area contributed by atoms with E-state index in [-0.39, 0.29) is 12.7 Å². The Kier molecular flexibility index (Phi) is 3.97. The minimum Gasteiger partial charge on any atom is -0.389 e. The molecule has 1 aliphatic rings. The Hall–Kier alpha value is -0.600. The Morgan fingerprint density at radius 3 is 2.56 bits per heavy atom. The third kappa shape index (κ3) is 3.19. The fraction of sp³-hybridized carbons (Fsp3) is 0.833. The van der Waals surface area contributed by atoms with E-state index in [0.717, 1.165) is 0 Å². The van der Waals surface area contributed by atoms with Crippen molar-refractivity contribution in [2.45, 2.75) is 57.5 Å². The lowest BCUT2D eigenvalue weighted by atomic mass is 9.98. The van der Waals surface area contributed by atoms with Crippen LogP contribution in [0.15, 0.2) is 0 Å². The number of hydrogen-bond acceptors (Lipinski definition) is 4. The molecule has 0 bridgehead atoms. The first-order chi connectivity index (χ1) is 7.29. The van der Waals surface area contributed by atoms with Crippen LogP contribution in [0.4, 0.5) is 0 Å². The maximum atomic E-state index is 9.84. The largest absolute Gasteiger partial charge is 0.389 e. The Labute approximate surface area is 96.8 Å². The zero-order valence-electron chi connectivity index (χ0n) is 10.3. The maximum Gasteiger partial charge on any atom is 0.180 e. The van der Waals surface area contributed by atoms with E-state index in [1.165, 1.54) is 0 Å². The van der Waals surface area contributed by atoms with E-state index in [1.54, 1.807) is 0 Å². The molecule has 1 heterocycles. The van der Waals surface area contributed by atoms with Gasteiger partial charge in [-0.2, -0.15) is 0 Å². The van der Waals surface area contributed by atoms with E-state index in [1.807, 2.05) is 27.7 Å². The summed E-state index contributed by atoms with van der Waals surface area (Å²) >= 11 is 0. The lowest BCUT2D eigenvalue weighted by Gasteiger charge is -2.27. The molecule has 1 aliphatic heterocycles. The van der Waals surface area contributed by atoms with Crippen LogP contribution in [0.5, 0.6) is 0 Å². The molecule has 1 fully saturated rings. The third-order valence-electron chi connectivity index (χ3n) is 2.33. The molecule has 0 aromatic carbocycles. The van der Waals surface area contributed by atoms with Crippen molar-refractivity contribution >= 4 is 0 Å². The molecule has 0 radical (unpaired) electrons. The van der Waals surface area contributed by atoms with Gasteiger partial charge in [0.15, 0.2) is 5.60 Å². The van der Waals surface area contributed by atoms with Crippen LogP contribution < -0.4 is 0 Å². The summed E-state index contributed by atoms with van der Waals surface area (Å²) in [6.45, 7) is 7.50. The molecule has 0 saturated carbocycles. The summed E-state index contributed by atoms with van der Waals surface area (Å²) in [4.78, 5) is 10.2. The van der Waals surface area contributed by atoms with Crippen LogP contribution in [-0.4, -0.2) is 35.1 Å². The highest BCUT2D eigenvalue weighted by atomic mass is 17.2. The van der Waals surface area contributed by atoms with Crippen LogP contribution >= 0.6 is 0 Å². The van der Waals surface area contributed by atoms with Crippen molar-refractivity contribution in [2.75, 3.05) is 6.61 Å². The topological polar surface area (TPSA) is 47.9 Å². The number of aliphatic hydroxyl groups is 1. The zero-order chi connectivity index (χ0) is 12.4. The van der Waals surface area contributed by atoms with Crippen molar-refractivity contribution in [3.63, 3.8) is 0 Å². The summed E-state index contributed by atoms with van der Waals surface area (Å²) in [5.41, 5.74) is -1.49. The second-order valence-electron chi connectivity index (χ2n) is 5.17. The van der Waals surface area contributed by atoms with Gasteiger partial charge >= 0.3 is 0 Å². The molecule has 0 amide bonds. The quantitative estimate of drug-likeness (QED) is 0.449. The monoisotopic (exact) mass is 228 g/mol. The van der Waals surface area contributed by atoms with Crippen LogP contribution in [-0.2, 0) is 14.5 Å². The smallest absolute Gasteiger partial charge is 0.180 e. The van der Waals surface area contributed by atoms with Gasteiger partial charge in [0.25, 0.3) is 0 Å². The van der Waals surface area contributed by atoms with Crippen molar-refractivity contribution in [1.82, 2.24) is 0 Å². The molecule has 1 saturated heterocycles. The first-order valence-corrected chi connectivity index (χ1v) is 5.43. The molecule has 3 atom stereocenters. The summed E-state index contributed by atoms with van der Waals surface area (Å²) in [6, 6.07) is 0. The first-order valence-electron chi connectivity index (χ1n) is 5.43. The first kappa shape index (κ1) is 13.5. The van der Waals surface area contributed by atoms with Crippen molar-refractivity contribution in [2.24, 2.45) is 0 Å². The normalized spacial score (nSPS) is 35.0. The van der Waals surface area contributed by atoms with Crippen molar-refractivity contribution in [1.29, 1.82) is 0 Å².